The summed E-state index contributed by atoms with van der Waals surface area (Å²) in [7, 11) is 1.71. The molecule has 0 fully saturated rings. The maximum Gasteiger partial charge on any atom is 0.232 e. The number of hydrogen-bond donors (Lipinski definition) is 0. The first-order chi connectivity index (χ1) is 5.47. The lowest BCUT2D eigenvalue weighted by molar-refractivity contribution is 0.609. The summed E-state index contributed by atoms with van der Waals surface area (Å²) in [4.78, 5) is 1.02. The first kappa shape index (κ1) is 10.5. The first-order valence-corrected chi connectivity index (χ1v) is 7.23. The zero-order chi connectivity index (χ0) is 9.19. The van der Waals surface area contributed by atoms with Crippen molar-refractivity contribution in [2.45, 2.75) is 6.42 Å². The van der Waals surface area contributed by atoms with E-state index >= 15 is 0 Å². The number of hydrogen-bond acceptors (Lipinski definition) is 3. The van der Waals surface area contributed by atoms with Gasteiger partial charge in [-0.05, 0) is 34.5 Å². The summed E-state index contributed by atoms with van der Waals surface area (Å²) in [6.07, 6.45) is 0.488. The molecule has 1 aromatic rings. The molecule has 1 aromatic heterocycles. The molecular formula is C6H6BrClO2S2. The zero-order valence-electron chi connectivity index (χ0n) is 5.96. The topological polar surface area (TPSA) is 34.1 Å². The number of rotatable bonds is 3. The predicted octanol–water partition coefficient (Wildman–Crippen LogP) is 2.62. The molecule has 0 spiro atoms. The molecule has 0 bridgehead atoms. The van der Waals surface area contributed by atoms with Crippen molar-refractivity contribution in [3.05, 3.63) is 20.8 Å². The third-order valence-corrected chi connectivity index (χ3v) is 4.06. The quantitative estimate of drug-likeness (QED) is 0.802. The van der Waals surface area contributed by atoms with Gasteiger partial charge >= 0.3 is 0 Å². The molecule has 0 aliphatic carbocycles. The first-order valence-electron chi connectivity index (χ1n) is 3.14. The molecule has 1 heterocycles. The van der Waals surface area contributed by atoms with Crippen LogP contribution < -0.4 is 0 Å². The minimum absolute atomic E-state index is 0.00150. The molecule has 1 rings (SSSR count). The van der Waals surface area contributed by atoms with Crippen molar-refractivity contribution in [2.24, 2.45) is 0 Å². The third kappa shape index (κ3) is 3.89. The van der Waals surface area contributed by atoms with E-state index in [0.29, 0.717) is 6.42 Å². The van der Waals surface area contributed by atoms with Gasteiger partial charge in [-0.1, -0.05) is 0 Å². The number of thiophene rings is 1. The molecule has 6 heteroatoms. The Morgan fingerprint density at radius 2 is 2.17 bits per heavy atom. The van der Waals surface area contributed by atoms with Crippen LogP contribution >= 0.6 is 37.9 Å². The van der Waals surface area contributed by atoms with Crippen molar-refractivity contribution < 1.29 is 8.42 Å². The Kier molecular flexibility index (Phi) is 3.58. The average molecular weight is 290 g/mol. The second-order valence-electron chi connectivity index (χ2n) is 2.20. The van der Waals surface area contributed by atoms with E-state index in [2.05, 4.69) is 15.9 Å². The van der Waals surface area contributed by atoms with Gasteiger partial charge in [0.25, 0.3) is 0 Å². The lowest BCUT2D eigenvalue weighted by atomic mass is 10.4. The summed E-state index contributed by atoms with van der Waals surface area (Å²) in [5.41, 5.74) is 0. The van der Waals surface area contributed by atoms with Crippen LogP contribution in [0.4, 0.5) is 0 Å². The van der Waals surface area contributed by atoms with E-state index in [1.54, 1.807) is 0 Å². The molecule has 0 N–H and O–H groups in total. The third-order valence-electron chi connectivity index (χ3n) is 1.22. The molecule has 0 aliphatic rings. The van der Waals surface area contributed by atoms with Gasteiger partial charge in [0.2, 0.25) is 9.05 Å². The van der Waals surface area contributed by atoms with Crippen molar-refractivity contribution in [3.8, 4) is 0 Å². The van der Waals surface area contributed by atoms with Crippen LogP contribution in [0, 0.1) is 0 Å². The molecular weight excluding hydrogens is 284 g/mol. The molecule has 0 atom stereocenters. The summed E-state index contributed by atoms with van der Waals surface area (Å²) < 4.78 is 22.1. The van der Waals surface area contributed by atoms with Crippen molar-refractivity contribution in [3.63, 3.8) is 0 Å². The van der Waals surface area contributed by atoms with E-state index in [1.165, 1.54) is 11.3 Å². The summed E-state index contributed by atoms with van der Waals surface area (Å²) in [6, 6.07) is 3.78. The van der Waals surface area contributed by atoms with Crippen molar-refractivity contribution in [1.82, 2.24) is 0 Å². The summed E-state index contributed by atoms with van der Waals surface area (Å²) in [5.74, 6) is 0.00150. The summed E-state index contributed by atoms with van der Waals surface area (Å²) >= 11 is 4.81. The predicted molar refractivity (Wildman–Crippen MR) is 55.4 cm³/mol. The van der Waals surface area contributed by atoms with E-state index < -0.39 is 9.05 Å². The van der Waals surface area contributed by atoms with Crippen LogP contribution in [0.5, 0.6) is 0 Å². The normalized spacial score (nSPS) is 11.8. The van der Waals surface area contributed by atoms with E-state index in [-0.39, 0.29) is 5.75 Å². The van der Waals surface area contributed by atoms with E-state index in [9.17, 15) is 8.42 Å². The molecule has 12 heavy (non-hydrogen) atoms. The maximum absolute atomic E-state index is 10.6. The van der Waals surface area contributed by atoms with Crippen LogP contribution in [0.2, 0.25) is 0 Å². The van der Waals surface area contributed by atoms with Crippen LogP contribution in [0.15, 0.2) is 15.9 Å². The highest BCUT2D eigenvalue weighted by Crippen LogP contribution is 2.22. The van der Waals surface area contributed by atoms with Crippen molar-refractivity contribution in [2.75, 3.05) is 5.75 Å². The minimum Gasteiger partial charge on any atom is -0.212 e. The van der Waals surface area contributed by atoms with Crippen molar-refractivity contribution in [1.29, 1.82) is 0 Å². The fourth-order valence-corrected chi connectivity index (χ4v) is 3.02. The second-order valence-corrected chi connectivity index (χ2v) is 7.64. The van der Waals surface area contributed by atoms with Crippen LogP contribution in [0.1, 0.15) is 4.88 Å². The highest BCUT2D eigenvalue weighted by molar-refractivity contribution is 9.11. The van der Waals surface area contributed by atoms with Crippen LogP contribution in [-0.2, 0) is 15.5 Å². The van der Waals surface area contributed by atoms with Gasteiger partial charge in [-0.2, -0.15) is 0 Å². The highest BCUT2D eigenvalue weighted by Gasteiger charge is 2.06. The van der Waals surface area contributed by atoms with Gasteiger partial charge in [0.05, 0.1) is 9.54 Å². The Bertz CT molecular complexity index is 357. The van der Waals surface area contributed by atoms with E-state index in [0.717, 1.165) is 8.66 Å². The minimum atomic E-state index is -3.35. The monoisotopic (exact) mass is 288 g/mol. The largest absolute Gasteiger partial charge is 0.232 e. The Balaban J connectivity index is 2.55. The Morgan fingerprint density at radius 1 is 1.50 bits per heavy atom. The molecule has 0 saturated carbocycles. The molecule has 2 nitrogen and oxygen atoms in total. The van der Waals surface area contributed by atoms with E-state index in [4.69, 9.17) is 10.7 Å². The Labute approximate surface area is 88.1 Å². The van der Waals surface area contributed by atoms with Gasteiger partial charge in [0.15, 0.2) is 0 Å². The highest BCUT2D eigenvalue weighted by atomic mass is 79.9. The van der Waals surface area contributed by atoms with Crippen molar-refractivity contribution >= 4 is 47.0 Å². The molecule has 0 aromatic carbocycles. The van der Waals surface area contributed by atoms with Gasteiger partial charge in [-0.15, -0.1) is 11.3 Å². The zero-order valence-corrected chi connectivity index (χ0v) is 9.93. The summed E-state index contributed by atoms with van der Waals surface area (Å²) in [6.45, 7) is 0. The molecule has 0 aliphatic heterocycles. The average Bonchev–Trinajstić information content (AvgIpc) is 2.30. The molecule has 0 unspecified atom stereocenters. The van der Waals surface area contributed by atoms with Gasteiger partial charge < -0.3 is 0 Å². The van der Waals surface area contributed by atoms with Gasteiger partial charge in [-0.25, -0.2) is 8.42 Å². The SMILES string of the molecule is O=S(=O)(Cl)CCc1ccc(Br)s1. The number of halogens is 2. The standard InChI is InChI=1S/C6H6BrClO2S2/c7-6-2-1-5(11-6)3-4-12(8,9)10/h1-2H,3-4H2. The molecule has 68 valence electrons. The van der Waals surface area contributed by atoms with Gasteiger partial charge in [0.1, 0.15) is 0 Å². The van der Waals surface area contributed by atoms with Crippen LogP contribution in [0.3, 0.4) is 0 Å². The fourth-order valence-electron chi connectivity index (χ4n) is 0.709. The van der Waals surface area contributed by atoms with Crippen LogP contribution in [-0.4, -0.2) is 14.2 Å². The Hall–Kier alpha value is 0.420. The summed E-state index contributed by atoms with van der Waals surface area (Å²) in [5, 5.41) is 0. The lowest BCUT2D eigenvalue weighted by Crippen LogP contribution is -1.99. The van der Waals surface area contributed by atoms with E-state index in [1.807, 2.05) is 12.1 Å². The Morgan fingerprint density at radius 3 is 2.58 bits per heavy atom. The lowest BCUT2D eigenvalue weighted by Gasteiger charge is -1.92. The van der Waals surface area contributed by atoms with Gasteiger partial charge in [-0.3, -0.25) is 0 Å². The van der Waals surface area contributed by atoms with Gasteiger partial charge in [0, 0.05) is 15.6 Å². The molecule has 0 saturated heterocycles. The van der Waals surface area contributed by atoms with Crippen LogP contribution in [0.25, 0.3) is 0 Å². The maximum atomic E-state index is 10.6. The molecule has 0 radical (unpaired) electrons. The number of aryl methyl sites for hydroxylation is 1. The second kappa shape index (κ2) is 4.09. The fraction of sp³-hybridized carbons (Fsp3) is 0.333. The molecule has 0 amide bonds. The smallest absolute Gasteiger partial charge is 0.212 e.